The second kappa shape index (κ2) is 6.04. The van der Waals surface area contributed by atoms with Crippen molar-refractivity contribution >= 4 is 33.1 Å². The van der Waals surface area contributed by atoms with E-state index in [4.69, 9.17) is 0 Å². The van der Waals surface area contributed by atoms with E-state index in [1.807, 2.05) is 0 Å². The Balaban J connectivity index is 1.86. The topological polar surface area (TPSA) is 59.8 Å². The third-order valence-corrected chi connectivity index (χ3v) is 4.56. The summed E-state index contributed by atoms with van der Waals surface area (Å²) >= 11 is 1.55. The first-order chi connectivity index (χ1) is 11.0. The number of thiazole rings is 1. The van der Waals surface area contributed by atoms with Crippen LogP contribution in [0.5, 0.6) is 0 Å². The van der Waals surface area contributed by atoms with Crippen molar-refractivity contribution in [2.75, 3.05) is 5.32 Å². The zero-order valence-electron chi connectivity index (χ0n) is 12.5. The molecule has 1 amide bonds. The third kappa shape index (κ3) is 3.07. The van der Waals surface area contributed by atoms with E-state index in [-0.39, 0.29) is 5.69 Å². The number of nitrogens with one attached hydrogen (secondary N) is 1. The predicted molar refractivity (Wildman–Crippen MR) is 85.1 cm³/mol. The van der Waals surface area contributed by atoms with Crippen LogP contribution in [0.2, 0.25) is 0 Å². The van der Waals surface area contributed by atoms with Crippen molar-refractivity contribution < 1.29 is 13.6 Å². The molecule has 3 rings (SSSR count). The molecule has 0 aliphatic heterocycles. The van der Waals surface area contributed by atoms with Crippen LogP contribution in [-0.2, 0) is 0 Å². The number of amides is 1. The molecule has 0 atom stereocenters. The summed E-state index contributed by atoms with van der Waals surface area (Å²) < 4.78 is 26.8. The van der Waals surface area contributed by atoms with Crippen LogP contribution in [0.3, 0.4) is 0 Å². The van der Waals surface area contributed by atoms with Crippen LogP contribution in [0, 0.1) is 0 Å². The summed E-state index contributed by atoms with van der Waals surface area (Å²) in [7, 11) is 0. The Bertz CT molecular complexity index is 856. The maximum absolute atomic E-state index is 12.8. The molecule has 3 aromatic rings. The molecule has 0 saturated heterocycles. The maximum atomic E-state index is 12.8. The number of rotatable bonds is 4. The Hall–Kier alpha value is -2.35. The summed E-state index contributed by atoms with van der Waals surface area (Å²) in [5.41, 5.74) is 1.20. The Morgan fingerprint density at radius 3 is 2.78 bits per heavy atom. The Kier molecular flexibility index (Phi) is 4.08. The standard InChI is InChI=1S/C15H14F2N4OS/c1-8(2)14-20-10-4-3-9(7-12(10)23-14)19-13(22)11-5-6-18-21(11)15(16)17/h3-8,15H,1-2H3,(H,19,22). The van der Waals surface area contributed by atoms with Crippen LogP contribution >= 0.6 is 11.3 Å². The monoisotopic (exact) mass is 336 g/mol. The largest absolute Gasteiger partial charge is 0.333 e. The number of hydrogen-bond donors (Lipinski definition) is 1. The lowest BCUT2D eigenvalue weighted by Crippen LogP contribution is -2.18. The maximum Gasteiger partial charge on any atom is 0.333 e. The summed E-state index contributed by atoms with van der Waals surface area (Å²) in [4.78, 5) is 16.6. The Labute approximate surface area is 135 Å². The van der Waals surface area contributed by atoms with Crippen LogP contribution in [0.15, 0.2) is 30.5 Å². The number of halogens is 2. The molecular formula is C15H14F2N4OS. The molecule has 1 N–H and O–H groups in total. The summed E-state index contributed by atoms with van der Waals surface area (Å²) in [6.07, 6.45) is 1.17. The number of aromatic nitrogens is 3. The van der Waals surface area contributed by atoms with Gasteiger partial charge in [-0.15, -0.1) is 11.3 Å². The van der Waals surface area contributed by atoms with Gasteiger partial charge in [-0.2, -0.15) is 18.6 Å². The first-order valence-corrected chi connectivity index (χ1v) is 7.81. The van der Waals surface area contributed by atoms with Crippen LogP contribution in [0.4, 0.5) is 14.5 Å². The molecule has 5 nitrogen and oxygen atoms in total. The quantitative estimate of drug-likeness (QED) is 0.774. The van der Waals surface area contributed by atoms with Crippen molar-refractivity contribution in [1.82, 2.24) is 14.8 Å². The molecule has 0 fully saturated rings. The number of hydrogen-bond acceptors (Lipinski definition) is 4. The molecule has 0 spiro atoms. The van der Waals surface area contributed by atoms with E-state index in [0.717, 1.165) is 15.2 Å². The molecule has 2 heterocycles. The summed E-state index contributed by atoms with van der Waals surface area (Å²) in [6.45, 7) is 1.26. The lowest BCUT2D eigenvalue weighted by Gasteiger charge is -2.07. The van der Waals surface area contributed by atoms with Gasteiger partial charge in [0.25, 0.3) is 5.91 Å². The van der Waals surface area contributed by atoms with Crippen molar-refractivity contribution in [3.63, 3.8) is 0 Å². The van der Waals surface area contributed by atoms with E-state index in [9.17, 15) is 13.6 Å². The van der Waals surface area contributed by atoms with Gasteiger partial charge in [0.2, 0.25) is 0 Å². The fourth-order valence-corrected chi connectivity index (χ4v) is 3.12. The van der Waals surface area contributed by atoms with Gasteiger partial charge in [0.15, 0.2) is 0 Å². The molecule has 1 aromatic carbocycles. The van der Waals surface area contributed by atoms with E-state index in [0.29, 0.717) is 16.3 Å². The van der Waals surface area contributed by atoms with E-state index < -0.39 is 12.5 Å². The number of benzene rings is 1. The van der Waals surface area contributed by atoms with Gasteiger partial charge in [-0.25, -0.2) is 4.98 Å². The first-order valence-electron chi connectivity index (χ1n) is 6.99. The van der Waals surface area contributed by atoms with Crippen molar-refractivity contribution in [1.29, 1.82) is 0 Å². The number of anilines is 1. The van der Waals surface area contributed by atoms with Crippen LogP contribution < -0.4 is 5.32 Å². The van der Waals surface area contributed by atoms with E-state index in [1.54, 1.807) is 29.5 Å². The van der Waals surface area contributed by atoms with Crippen molar-refractivity contribution in [3.8, 4) is 0 Å². The summed E-state index contributed by atoms with van der Waals surface area (Å²) in [6, 6.07) is 6.55. The predicted octanol–water partition coefficient (Wildman–Crippen LogP) is 4.26. The second-order valence-corrected chi connectivity index (χ2v) is 6.34. The average Bonchev–Trinajstić information content (AvgIpc) is 3.13. The minimum Gasteiger partial charge on any atom is -0.321 e. The van der Waals surface area contributed by atoms with Gasteiger partial charge < -0.3 is 5.32 Å². The first kappa shape index (κ1) is 15.5. The number of nitrogens with zero attached hydrogens (tertiary/aromatic N) is 3. The molecule has 0 aliphatic rings. The van der Waals surface area contributed by atoms with Gasteiger partial charge >= 0.3 is 6.55 Å². The number of alkyl halides is 2. The zero-order chi connectivity index (χ0) is 16.6. The minimum atomic E-state index is -2.86. The third-order valence-electron chi connectivity index (χ3n) is 3.24. The molecule has 120 valence electrons. The average molecular weight is 336 g/mol. The van der Waals surface area contributed by atoms with Gasteiger partial charge in [0, 0.05) is 17.8 Å². The van der Waals surface area contributed by atoms with Crippen LogP contribution in [0.1, 0.15) is 41.8 Å². The minimum absolute atomic E-state index is 0.188. The van der Waals surface area contributed by atoms with E-state index in [2.05, 4.69) is 29.2 Å². The molecule has 0 saturated carbocycles. The molecule has 23 heavy (non-hydrogen) atoms. The van der Waals surface area contributed by atoms with Gasteiger partial charge in [0.05, 0.1) is 15.2 Å². The lowest BCUT2D eigenvalue weighted by atomic mass is 10.2. The highest BCUT2D eigenvalue weighted by Crippen LogP contribution is 2.29. The van der Waals surface area contributed by atoms with Gasteiger partial charge in [-0.1, -0.05) is 13.8 Å². The van der Waals surface area contributed by atoms with Crippen molar-refractivity contribution in [2.45, 2.75) is 26.3 Å². The molecular weight excluding hydrogens is 322 g/mol. The summed E-state index contributed by atoms with van der Waals surface area (Å²) in [5, 5.41) is 7.08. The van der Waals surface area contributed by atoms with Crippen molar-refractivity contribution in [2.24, 2.45) is 0 Å². The molecule has 0 radical (unpaired) electrons. The van der Waals surface area contributed by atoms with E-state index in [1.165, 1.54) is 12.3 Å². The smallest absolute Gasteiger partial charge is 0.321 e. The van der Waals surface area contributed by atoms with E-state index >= 15 is 0 Å². The molecule has 8 heteroatoms. The Morgan fingerprint density at radius 2 is 2.09 bits per heavy atom. The SMILES string of the molecule is CC(C)c1nc2ccc(NC(=O)c3ccnn3C(F)F)cc2s1. The molecule has 0 bridgehead atoms. The Morgan fingerprint density at radius 1 is 1.30 bits per heavy atom. The highest BCUT2D eigenvalue weighted by molar-refractivity contribution is 7.18. The van der Waals surface area contributed by atoms with Gasteiger partial charge in [0.1, 0.15) is 5.69 Å². The summed E-state index contributed by atoms with van der Waals surface area (Å²) in [5.74, 6) is -0.304. The lowest BCUT2D eigenvalue weighted by molar-refractivity contribution is 0.0520. The fraction of sp³-hybridized carbons (Fsp3) is 0.267. The highest BCUT2D eigenvalue weighted by atomic mass is 32.1. The normalized spacial score (nSPS) is 11.6. The molecule has 0 unspecified atom stereocenters. The van der Waals surface area contributed by atoms with Crippen LogP contribution in [0.25, 0.3) is 10.2 Å². The number of fused-ring (bicyclic) bond motifs is 1. The molecule has 0 aliphatic carbocycles. The zero-order valence-corrected chi connectivity index (χ0v) is 13.3. The second-order valence-electron chi connectivity index (χ2n) is 5.28. The van der Waals surface area contributed by atoms with Gasteiger partial charge in [-0.3, -0.25) is 4.79 Å². The molecule has 2 aromatic heterocycles. The van der Waals surface area contributed by atoms with Crippen molar-refractivity contribution in [3.05, 3.63) is 41.2 Å². The highest BCUT2D eigenvalue weighted by Gasteiger charge is 2.18. The number of carbonyl (C=O) groups excluding carboxylic acids is 1. The van der Waals surface area contributed by atoms with Crippen LogP contribution in [-0.4, -0.2) is 20.7 Å². The number of carbonyl (C=O) groups is 1. The fourth-order valence-electron chi connectivity index (χ4n) is 2.11. The van der Waals surface area contributed by atoms with Gasteiger partial charge in [-0.05, 0) is 24.3 Å².